The van der Waals surface area contributed by atoms with Gasteiger partial charge in [0.15, 0.2) is 0 Å². The van der Waals surface area contributed by atoms with Crippen molar-refractivity contribution < 1.29 is 9.72 Å². The Hall–Kier alpha value is -2.54. The molecule has 0 spiro atoms. The quantitative estimate of drug-likeness (QED) is 0.633. The summed E-state index contributed by atoms with van der Waals surface area (Å²) in [6.07, 6.45) is 0.903. The lowest BCUT2D eigenvalue weighted by Gasteiger charge is -2.21. The van der Waals surface area contributed by atoms with Crippen LogP contribution in [-0.2, 0) is 4.79 Å². The molecule has 0 fully saturated rings. The Morgan fingerprint density at radius 1 is 1.43 bits per heavy atom. The summed E-state index contributed by atoms with van der Waals surface area (Å²) in [4.78, 5) is 23.8. The lowest BCUT2D eigenvalue weighted by Crippen LogP contribution is -2.26. The normalized spacial score (nSPS) is 17.2. The van der Waals surface area contributed by atoms with E-state index in [1.165, 1.54) is 17.1 Å². The van der Waals surface area contributed by atoms with E-state index in [9.17, 15) is 14.9 Å². The Balaban J connectivity index is 1.96. The highest BCUT2D eigenvalue weighted by Crippen LogP contribution is 2.35. The van der Waals surface area contributed by atoms with Crippen LogP contribution in [0.3, 0.4) is 0 Å². The fourth-order valence-corrected chi connectivity index (χ4v) is 3.32. The smallest absolute Gasteiger partial charge is 0.269 e. The molecule has 1 atom stereocenters. The summed E-state index contributed by atoms with van der Waals surface area (Å²) >= 11 is 1.57. The number of amides is 1. The molecule has 0 bridgehead atoms. The maximum absolute atomic E-state index is 12.2. The number of thiophene rings is 1. The second kappa shape index (κ2) is 6.29. The molecule has 0 unspecified atom stereocenters. The Morgan fingerprint density at radius 2 is 2.26 bits per heavy atom. The summed E-state index contributed by atoms with van der Waals surface area (Å²) in [6.45, 7) is 1.78. The predicted molar refractivity (Wildman–Crippen MR) is 88.4 cm³/mol. The largest absolute Gasteiger partial charge is 0.273 e. The van der Waals surface area contributed by atoms with E-state index in [1.807, 2.05) is 17.5 Å². The monoisotopic (exact) mass is 329 g/mol. The third-order valence-corrected chi connectivity index (χ3v) is 4.66. The number of nitro benzene ring substituents is 1. The van der Waals surface area contributed by atoms with Crippen molar-refractivity contribution in [2.24, 2.45) is 5.10 Å². The fourth-order valence-electron chi connectivity index (χ4n) is 2.60. The van der Waals surface area contributed by atoms with Gasteiger partial charge < -0.3 is 0 Å². The number of nitro groups is 1. The van der Waals surface area contributed by atoms with E-state index in [0.29, 0.717) is 12.8 Å². The van der Waals surface area contributed by atoms with Crippen LogP contribution in [0.15, 0.2) is 46.9 Å². The van der Waals surface area contributed by atoms with Crippen LogP contribution in [0, 0.1) is 10.1 Å². The van der Waals surface area contributed by atoms with E-state index in [0.717, 1.165) is 16.2 Å². The number of hydrogen-bond donors (Lipinski definition) is 0. The first-order valence-electron chi connectivity index (χ1n) is 7.28. The standard InChI is InChI=1S/C16H15N3O3S/c1-2-16(20)18-14(10-13(17-18)15-7-4-8-23-15)11-5-3-6-12(9-11)19(21)22/h3-9,14H,2,10H2,1H3/t14-/m0/s1. The predicted octanol–water partition coefficient (Wildman–Crippen LogP) is 3.74. The van der Waals surface area contributed by atoms with E-state index in [2.05, 4.69) is 5.10 Å². The molecule has 1 aromatic heterocycles. The van der Waals surface area contributed by atoms with Gasteiger partial charge >= 0.3 is 0 Å². The summed E-state index contributed by atoms with van der Waals surface area (Å²) in [5.41, 5.74) is 1.60. The number of nitrogens with zero attached hydrogens (tertiary/aromatic N) is 3. The Kier molecular flexibility index (Phi) is 4.20. The van der Waals surface area contributed by atoms with Gasteiger partial charge in [0.2, 0.25) is 5.91 Å². The van der Waals surface area contributed by atoms with Crippen molar-refractivity contribution in [3.63, 3.8) is 0 Å². The number of benzene rings is 1. The maximum atomic E-state index is 12.2. The van der Waals surface area contributed by atoms with Crippen LogP contribution in [-0.4, -0.2) is 21.6 Å². The minimum absolute atomic E-state index is 0.0240. The number of hydrazone groups is 1. The molecule has 1 aliphatic heterocycles. The summed E-state index contributed by atoms with van der Waals surface area (Å²) in [5, 5.41) is 18.9. The van der Waals surface area contributed by atoms with Crippen molar-refractivity contribution in [3.05, 3.63) is 62.3 Å². The first-order chi connectivity index (χ1) is 11.1. The SMILES string of the molecule is CCC(=O)N1N=C(c2cccs2)C[C@H]1c1cccc([N+](=O)[O-])c1. The van der Waals surface area contributed by atoms with Crippen LogP contribution in [0.4, 0.5) is 5.69 Å². The third kappa shape index (κ3) is 3.00. The zero-order chi connectivity index (χ0) is 16.4. The molecule has 0 radical (unpaired) electrons. The van der Waals surface area contributed by atoms with Gasteiger partial charge in [0, 0.05) is 25.0 Å². The molecule has 0 saturated heterocycles. The molecule has 0 aliphatic carbocycles. The van der Waals surface area contributed by atoms with Crippen LogP contribution >= 0.6 is 11.3 Å². The van der Waals surface area contributed by atoms with E-state index in [1.54, 1.807) is 30.4 Å². The third-order valence-electron chi connectivity index (χ3n) is 3.74. The molecular formula is C16H15N3O3S. The zero-order valence-electron chi connectivity index (χ0n) is 12.5. The van der Waals surface area contributed by atoms with Gasteiger partial charge in [0.05, 0.1) is 21.6 Å². The summed E-state index contributed by atoms with van der Waals surface area (Å²) in [5.74, 6) is -0.0898. The average Bonchev–Trinajstić information content (AvgIpc) is 3.23. The van der Waals surface area contributed by atoms with Gasteiger partial charge in [-0.1, -0.05) is 25.1 Å². The van der Waals surface area contributed by atoms with Gasteiger partial charge in [-0.3, -0.25) is 14.9 Å². The van der Waals surface area contributed by atoms with Gasteiger partial charge in [-0.05, 0) is 17.0 Å². The van der Waals surface area contributed by atoms with Crippen molar-refractivity contribution in [1.29, 1.82) is 0 Å². The number of hydrogen-bond acceptors (Lipinski definition) is 5. The molecule has 0 saturated carbocycles. The Bertz CT molecular complexity index is 771. The van der Waals surface area contributed by atoms with E-state index >= 15 is 0 Å². The summed E-state index contributed by atoms with van der Waals surface area (Å²) in [6, 6.07) is 10.0. The number of carbonyl (C=O) groups is 1. The van der Waals surface area contributed by atoms with Crippen LogP contribution in [0.5, 0.6) is 0 Å². The van der Waals surface area contributed by atoms with Crippen LogP contribution < -0.4 is 0 Å². The van der Waals surface area contributed by atoms with Crippen molar-refractivity contribution in [1.82, 2.24) is 5.01 Å². The highest BCUT2D eigenvalue weighted by Gasteiger charge is 2.33. The van der Waals surface area contributed by atoms with Crippen molar-refractivity contribution in [3.8, 4) is 0 Å². The number of non-ortho nitro benzene ring substituents is 1. The van der Waals surface area contributed by atoms with Crippen molar-refractivity contribution in [2.75, 3.05) is 0 Å². The van der Waals surface area contributed by atoms with E-state index < -0.39 is 4.92 Å². The van der Waals surface area contributed by atoms with Crippen LogP contribution in [0.1, 0.15) is 36.2 Å². The molecule has 23 heavy (non-hydrogen) atoms. The molecule has 1 aliphatic rings. The highest BCUT2D eigenvalue weighted by atomic mass is 32.1. The van der Waals surface area contributed by atoms with Crippen LogP contribution in [0.2, 0.25) is 0 Å². The molecule has 1 amide bonds. The Morgan fingerprint density at radius 3 is 2.91 bits per heavy atom. The van der Waals surface area contributed by atoms with Gasteiger partial charge in [-0.25, -0.2) is 5.01 Å². The highest BCUT2D eigenvalue weighted by molar-refractivity contribution is 7.12. The first kappa shape index (κ1) is 15.4. The van der Waals surface area contributed by atoms with Crippen molar-refractivity contribution >= 4 is 28.6 Å². The minimum Gasteiger partial charge on any atom is -0.273 e. The van der Waals surface area contributed by atoms with Crippen LogP contribution in [0.25, 0.3) is 0 Å². The molecule has 3 rings (SSSR count). The van der Waals surface area contributed by atoms with Gasteiger partial charge in [-0.2, -0.15) is 5.10 Å². The second-order valence-electron chi connectivity index (χ2n) is 5.19. The zero-order valence-corrected chi connectivity index (χ0v) is 13.3. The molecule has 118 valence electrons. The fraction of sp³-hybridized carbons (Fsp3) is 0.250. The van der Waals surface area contributed by atoms with Gasteiger partial charge in [0.1, 0.15) is 0 Å². The number of rotatable bonds is 4. The second-order valence-corrected chi connectivity index (χ2v) is 6.14. The lowest BCUT2D eigenvalue weighted by atomic mass is 10.0. The average molecular weight is 329 g/mol. The van der Waals surface area contributed by atoms with E-state index in [4.69, 9.17) is 0 Å². The molecule has 0 N–H and O–H groups in total. The molecule has 1 aromatic carbocycles. The maximum Gasteiger partial charge on any atom is 0.269 e. The number of carbonyl (C=O) groups excluding carboxylic acids is 1. The van der Waals surface area contributed by atoms with E-state index in [-0.39, 0.29) is 17.6 Å². The molecule has 7 heteroatoms. The van der Waals surface area contributed by atoms with Gasteiger partial charge in [-0.15, -0.1) is 11.3 Å². The summed E-state index contributed by atoms with van der Waals surface area (Å²) < 4.78 is 0. The minimum atomic E-state index is -0.425. The molecule has 6 nitrogen and oxygen atoms in total. The molecule has 2 aromatic rings. The van der Waals surface area contributed by atoms with Gasteiger partial charge in [0.25, 0.3) is 5.69 Å². The first-order valence-corrected chi connectivity index (χ1v) is 8.16. The lowest BCUT2D eigenvalue weighted by molar-refractivity contribution is -0.384. The molecule has 2 heterocycles. The van der Waals surface area contributed by atoms with Crippen molar-refractivity contribution in [2.45, 2.75) is 25.8 Å². The topological polar surface area (TPSA) is 75.8 Å². The Labute approximate surface area is 137 Å². The molecular weight excluding hydrogens is 314 g/mol. The summed E-state index contributed by atoms with van der Waals surface area (Å²) in [7, 11) is 0.